The fraction of sp³-hybridized carbons (Fsp3) is 0.833. The van der Waals surface area contributed by atoms with E-state index in [-0.39, 0.29) is 24.4 Å². The van der Waals surface area contributed by atoms with E-state index in [9.17, 15) is 9.59 Å². The number of piperidine rings is 1. The maximum Gasteiger partial charge on any atom is 0.239 e. The molecule has 0 saturated carbocycles. The molecule has 2 N–H and O–H groups in total. The Morgan fingerprint density at radius 1 is 1.47 bits per heavy atom. The van der Waals surface area contributed by atoms with Crippen molar-refractivity contribution in [3.8, 4) is 0 Å². The quantitative estimate of drug-likeness (QED) is 0.734. The van der Waals surface area contributed by atoms with Crippen molar-refractivity contribution >= 4 is 11.8 Å². The predicted octanol–water partition coefficient (Wildman–Crippen LogP) is 0.112. The van der Waals surface area contributed by atoms with E-state index in [0.717, 1.165) is 13.0 Å². The molecule has 2 atom stereocenters. The summed E-state index contributed by atoms with van der Waals surface area (Å²) in [7, 11) is 1.63. The number of amides is 2. The molecular weight excluding hydrogens is 218 g/mol. The third kappa shape index (κ3) is 4.73. The van der Waals surface area contributed by atoms with Crippen molar-refractivity contribution in [3.63, 3.8) is 0 Å². The van der Waals surface area contributed by atoms with Crippen LogP contribution in [0.1, 0.15) is 33.1 Å². The molecule has 0 unspecified atom stereocenters. The molecule has 17 heavy (non-hydrogen) atoms. The number of nitrogens with one attached hydrogen (secondary N) is 2. The lowest BCUT2D eigenvalue weighted by Crippen LogP contribution is -2.52. The number of hydrogen-bond acceptors (Lipinski definition) is 3. The van der Waals surface area contributed by atoms with Gasteiger partial charge in [-0.25, -0.2) is 0 Å². The van der Waals surface area contributed by atoms with Crippen LogP contribution in [0.5, 0.6) is 0 Å². The number of hydrogen-bond donors (Lipinski definition) is 2. The highest BCUT2D eigenvalue weighted by atomic mass is 16.2. The summed E-state index contributed by atoms with van der Waals surface area (Å²) < 4.78 is 0. The normalized spacial score (nSPS) is 21.7. The molecule has 2 amide bonds. The summed E-state index contributed by atoms with van der Waals surface area (Å²) >= 11 is 0. The van der Waals surface area contributed by atoms with Gasteiger partial charge in [0.2, 0.25) is 11.8 Å². The average Bonchev–Trinajstić information content (AvgIpc) is 2.29. The molecule has 0 aliphatic carbocycles. The molecule has 98 valence electrons. The van der Waals surface area contributed by atoms with E-state index >= 15 is 0 Å². The summed E-state index contributed by atoms with van der Waals surface area (Å²) in [6.07, 6.45) is 3.53. The van der Waals surface area contributed by atoms with Crippen LogP contribution in [0.25, 0.3) is 0 Å². The Hall–Kier alpha value is -1.10. The Kier molecular flexibility index (Phi) is 5.41. The molecule has 0 bridgehead atoms. The van der Waals surface area contributed by atoms with Crippen molar-refractivity contribution in [3.05, 3.63) is 0 Å². The number of carbonyl (C=O) groups excluding carboxylic acids is 2. The van der Waals surface area contributed by atoms with Crippen LogP contribution in [0, 0.1) is 0 Å². The number of rotatable bonds is 4. The smallest absolute Gasteiger partial charge is 0.239 e. The molecule has 0 spiro atoms. The predicted molar refractivity (Wildman–Crippen MR) is 66.6 cm³/mol. The van der Waals surface area contributed by atoms with Crippen LogP contribution in [0.15, 0.2) is 0 Å². The molecule has 0 radical (unpaired) electrons. The molecule has 5 nitrogen and oxygen atoms in total. The largest absolute Gasteiger partial charge is 0.351 e. The van der Waals surface area contributed by atoms with E-state index in [2.05, 4.69) is 10.6 Å². The van der Waals surface area contributed by atoms with Crippen molar-refractivity contribution in [1.29, 1.82) is 0 Å². The second kappa shape index (κ2) is 6.59. The maximum absolute atomic E-state index is 11.7. The van der Waals surface area contributed by atoms with Crippen LogP contribution in [-0.2, 0) is 9.59 Å². The molecular formula is C12H23N3O2. The van der Waals surface area contributed by atoms with Gasteiger partial charge in [0.05, 0.1) is 6.54 Å². The molecule has 1 aliphatic heterocycles. The van der Waals surface area contributed by atoms with Crippen LogP contribution < -0.4 is 10.6 Å². The van der Waals surface area contributed by atoms with Gasteiger partial charge in [-0.15, -0.1) is 0 Å². The van der Waals surface area contributed by atoms with E-state index in [0.29, 0.717) is 6.04 Å². The molecule has 5 heteroatoms. The molecule has 0 aromatic rings. The molecule has 1 rings (SSSR count). The van der Waals surface area contributed by atoms with Gasteiger partial charge in [0.15, 0.2) is 0 Å². The zero-order valence-electron chi connectivity index (χ0n) is 11.0. The number of likely N-dealkylation sites (N-methyl/N-ethyl adjacent to an activating group) is 1. The zero-order chi connectivity index (χ0) is 12.8. The number of carbonyl (C=O) groups is 2. The minimum Gasteiger partial charge on any atom is -0.351 e. The fourth-order valence-electron chi connectivity index (χ4n) is 2.03. The van der Waals surface area contributed by atoms with Crippen molar-refractivity contribution in [2.45, 2.75) is 45.2 Å². The van der Waals surface area contributed by atoms with Gasteiger partial charge in [0.25, 0.3) is 0 Å². The summed E-state index contributed by atoms with van der Waals surface area (Å²) in [6, 6.07) is 0.471. The van der Waals surface area contributed by atoms with Gasteiger partial charge in [-0.2, -0.15) is 0 Å². The molecule has 0 aromatic heterocycles. The van der Waals surface area contributed by atoms with Crippen molar-refractivity contribution in [2.75, 3.05) is 20.1 Å². The van der Waals surface area contributed by atoms with Crippen LogP contribution in [0.3, 0.4) is 0 Å². The second-order valence-electron chi connectivity index (χ2n) is 4.79. The van der Waals surface area contributed by atoms with E-state index in [1.165, 1.54) is 24.7 Å². The highest BCUT2D eigenvalue weighted by molar-refractivity contribution is 5.83. The monoisotopic (exact) mass is 241 g/mol. The van der Waals surface area contributed by atoms with Gasteiger partial charge in [-0.1, -0.05) is 6.42 Å². The summed E-state index contributed by atoms with van der Waals surface area (Å²) in [5, 5.41) is 6.35. The molecule has 1 heterocycles. The van der Waals surface area contributed by atoms with Crippen molar-refractivity contribution in [2.24, 2.45) is 0 Å². The lowest BCUT2D eigenvalue weighted by Gasteiger charge is -2.30. The van der Waals surface area contributed by atoms with Gasteiger partial charge in [0, 0.05) is 26.1 Å². The van der Waals surface area contributed by atoms with Crippen LogP contribution in [0.4, 0.5) is 0 Å². The SMILES string of the molecule is CC(=O)N(C)CC(=O)N[C@@H](C)[C@@H]1CCCCN1. The highest BCUT2D eigenvalue weighted by Gasteiger charge is 2.21. The Bertz CT molecular complexity index is 275. The third-order valence-electron chi connectivity index (χ3n) is 3.26. The van der Waals surface area contributed by atoms with Crippen molar-refractivity contribution in [1.82, 2.24) is 15.5 Å². The summed E-state index contributed by atoms with van der Waals surface area (Å²) in [5.41, 5.74) is 0. The Morgan fingerprint density at radius 2 is 2.18 bits per heavy atom. The molecule has 1 saturated heterocycles. The zero-order valence-corrected chi connectivity index (χ0v) is 11.0. The third-order valence-corrected chi connectivity index (χ3v) is 3.26. The Morgan fingerprint density at radius 3 is 2.71 bits per heavy atom. The van der Waals surface area contributed by atoms with Crippen molar-refractivity contribution < 1.29 is 9.59 Å². The van der Waals surface area contributed by atoms with Gasteiger partial charge in [-0.3, -0.25) is 9.59 Å². The van der Waals surface area contributed by atoms with Gasteiger partial charge in [0.1, 0.15) is 0 Å². The first-order valence-corrected chi connectivity index (χ1v) is 6.25. The van der Waals surface area contributed by atoms with Crippen LogP contribution in [0.2, 0.25) is 0 Å². The van der Waals surface area contributed by atoms with E-state index < -0.39 is 0 Å². The maximum atomic E-state index is 11.7. The summed E-state index contributed by atoms with van der Waals surface area (Å²) in [6.45, 7) is 4.62. The minimum absolute atomic E-state index is 0.0939. The average molecular weight is 241 g/mol. The van der Waals surface area contributed by atoms with Gasteiger partial charge < -0.3 is 15.5 Å². The standard InChI is InChI=1S/C12H23N3O2/c1-9(11-6-4-5-7-13-11)14-12(17)8-15(3)10(2)16/h9,11,13H,4-8H2,1-3H3,(H,14,17)/t9-,11-/m0/s1. The van der Waals surface area contributed by atoms with Crippen LogP contribution in [-0.4, -0.2) is 48.9 Å². The Labute approximate surface area is 103 Å². The first-order valence-electron chi connectivity index (χ1n) is 6.25. The Balaban J connectivity index is 2.31. The highest BCUT2D eigenvalue weighted by Crippen LogP contribution is 2.10. The lowest BCUT2D eigenvalue weighted by atomic mass is 9.99. The van der Waals surface area contributed by atoms with E-state index in [1.807, 2.05) is 6.92 Å². The van der Waals surface area contributed by atoms with Crippen LogP contribution >= 0.6 is 0 Å². The molecule has 0 aromatic carbocycles. The first-order chi connectivity index (χ1) is 8.00. The molecule has 1 aliphatic rings. The summed E-state index contributed by atoms with van der Waals surface area (Å²) in [5.74, 6) is -0.189. The summed E-state index contributed by atoms with van der Waals surface area (Å²) in [4.78, 5) is 24.1. The van der Waals surface area contributed by atoms with E-state index in [1.54, 1.807) is 7.05 Å². The van der Waals surface area contributed by atoms with E-state index in [4.69, 9.17) is 0 Å². The van der Waals surface area contributed by atoms with Gasteiger partial charge in [-0.05, 0) is 26.3 Å². The number of nitrogens with zero attached hydrogens (tertiary/aromatic N) is 1. The molecule has 1 fully saturated rings. The first kappa shape index (κ1) is 14.0. The topological polar surface area (TPSA) is 61.4 Å². The lowest BCUT2D eigenvalue weighted by molar-refractivity contribution is -0.133. The second-order valence-corrected chi connectivity index (χ2v) is 4.79. The fourth-order valence-corrected chi connectivity index (χ4v) is 2.03. The minimum atomic E-state index is -0.0948. The van der Waals surface area contributed by atoms with Gasteiger partial charge >= 0.3 is 0 Å².